The first-order valence-electron chi connectivity index (χ1n) is 9.08. The summed E-state index contributed by atoms with van der Waals surface area (Å²) < 4.78 is 45.0. The van der Waals surface area contributed by atoms with Crippen molar-refractivity contribution in [3.63, 3.8) is 0 Å². The molecular formula is C19H25F2NO6. The van der Waals surface area contributed by atoms with Crippen LogP contribution in [-0.2, 0) is 14.3 Å². The Hall–Kier alpha value is -2.42. The Balaban J connectivity index is 2.60. The molecule has 1 aliphatic rings. The predicted molar refractivity (Wildman–Crippen MR) is 96.3 cm³/mol. The van der Waals surface area contributed by atoms with Gasteiger partial charge in [-0.05, 0) is 19.8 Å². The van der Waals surface area contributed by atoms with Crippen LogP contribution in [-0.4, -0.2) is 36.5 Å². The lowest BCUT2D eigenvalue weighted by molar-refractivity contribution is -0.123. The Morgan fingerprint density at radius 1 is 1.25 bits per heavy atom. The number of rotatable bonds is 5. The molecule has 1 aromatic rings. The minimum absolute atomic E-state index is 0.0744. The second-order valence-electron chi connectivity index (χ2n) is 7.39. The van der Waals surface area contributed by atoms with Crippen LogP contribution in [0.3, 0.4) is 0 Å². The number of phenolic OH excluding ortho intramolecular Hbond substituents is 1. The van der Waals surface area contributed by atoms with E-state index in [4.69, 9.17) is 14.2 Å². The molecule has 9 heteroatoms. The second-order valence-corrected chi connectivity index (χ2v) is 7.39. The van der Waals surface area contributed by atoms with Gasteiger partial charge in [-0.3, -0.25) is 4.79 Å². The smallest absolute Gasteiger partial charge is 0.344 e. The summed E-state index contributed by atoms with van der Waals surface area (Å²) in [6.07, 6.45) is 1.09. The highest BCUT2D eigenvalue weighted by Gasteiger charge is 2.35. The number of benzene rings is 1. The molecule has 1 unspecified atom stereocenters. The number of phenols is 1. The molecule has 1 aromatic carbocycles. The number of carbonyl (C=O) groups excluding carboxylic acids is 2. The number of nitrogens with one attached hydrogen (secondary N) is 1. The number of carbonyl (C=O) groups is 2. The summed E-state index contributed by atoms with van der Waals surface area (Å²) in [6.45, 7) is 6.53. The van der Waals surface area contributed by atoms with Gasteiger partial charge in [0.15, 0.2) is 23.6 Å². The molecule has 0 radical (unpaired) electrons. The van der Waals surface area contributed by atoms with Crippen molar-refractivity contribution in [2.24, 2.45) is 5.41 Å². The maximum absolute atomic E-state index is 14.6. The average Bonchev–Trinajstić information content (AvgIpc) is 2.64. The van der Waals surface area contributed by atoms with Gasteiger partial charge in [-0.2, -0.15) is 4.39 Å². The maximum atomic E-state index is 14.6. The summed E-state index contributed by atoms with van der Waals surface area (Å²) in [5, 5.41) is 12.1. The lowest BCUT2D eigenvalue weighted by Crippen LogP contribution is -2.30. The van der Waals surface area contributed by atoms with Crippen LogP contribution >= 0.6 is 0 Å². The quantitative estimate of drug-likeness (QED) is 0.730. The van der Waals surface area contributed by atoms with Gasteiger partial charge in [0, 0.05) is 11.8 Å². The summed E-state index contributed by atoms with van der Waals surface area (Å²) in [6, 6.07) is 0. The van der Waals surface area contributed by atoms with E-state index in [9.17, 15) is 23.5 Å². The van der Waals surface area contributed by atoms with Crippen LogP contribution in [0.2, 0.25) is 0 Å². The number of halogens is 2. The van der Waals surface area contributed by atoms with Crippen molar-refractivity contribution in [1.29, 1.82) is 0 Å². The molecule has 0 aromatic heterocycles. The molecule has 156 valence electrons. The lowest BCUT2D eigenvalue weighted by Gasteiger charge is -2.26. The van der Waals surface area contributed by atoms with E-state index < -0.39 is 58.0 Å². The van der Waals surface area contributed by atoms with Crippen molar-refractivity contribution >= 4 is 17.6 Å². The van der Waals surface area contributed by atoms with Crippen LogP contribution in [0.15, 0.2) is 0 Å². The molecule has 0 bridgehead atoms. The van der Waals surface area contributed by atoms with Crippen LogP contribution in [0, 0.1) is 17.0 Å². The topological polar surface area (TPSA) is 94.1 Å². The van der Waals surface area contributed by atoms with E-state index in [1.165, 1.54) is 6.92 Å². The van der Waals surface area contributed by atoms with E-state index >= 15 is 0 Å². The highest BCUT2D eigenvalue weighted by Crippen LogP contribution is 2.41. The minimum atomic E-state index is -1.49. The fourth-order valence-corrected chi connectivity index (χ4v) is 2.52. The monoisotopic (exact) mass is 401 g/mol. The van der Waals surface area contributed by atoms with Gasteiger partial charge in [0.05, 0.1) is 18.9 Å². The van der Waals surface area contributed by atoms with Gasteiger partial charge in [0.1, 0.15) is 5.56 Å². The molecule has 7 nitrogen and oxygen atoms in total. The molecular weight excluding hydrogens is 376 g/mol. The van der Waals surface area contributed by atoms with Crippen molar-refractivity contribution in [2.75, 3.05) is 18.5 Å². The number of esters is 1. The number of anilines is 1. The third-order valence-electron chi connectivity index (χ3n) is 4.10. The normalized spacial score (nSPS) is 17.1. The van der Waals surface area contributed by atoms with Crippen molar-refractivity contribution < 1.29 is 37.7 Å². The summed E-state index contributed by atoms with van der Waals surface area (Å²) in [5.74, 6) is -6.81. The molecule has 1 fully saturated rings. The summed E-state index contributed by atoms with van der Waals surface area (Å²) in [4.78, 5) is 24.8. The fraction of sp³-hybridized carbons (Fsp3) is 0.579. The Labute approximate surface area is 162 Å². The van der Waals surface area contributed by atoms with Gasteiger partial charge in [-0.25, -0.2) is 9.18 Å². The zero-order valence-electron chi connectivity index (χ0n) is 16.4. The molecule has 0 aliphatic carbocycles. The molecule has 2 N–H and O–H groups in total. The molecule has 0 spiro atoms. The SMILES string of the molecule is CCOC(=O)c1c(NC(=O)C(C)(C)C)c(F)c(O)c(F)c1OC1CCCCO1. The number of ether oxygens (including phenoxy) is 3. The third-order valence-corrected chi connectivity index (χ3v) is 4.10. The van der Waals surface area contributed by atoms with Crippen molar-refractivity contribution in [2.45, 2.75) is 53.2 Å². The van der Waals surface area contributed by atoms with Crippen LogP contribution in [0.4, 0.5) is 14.5 Å². The first-order chi connectivity index (χ1) is 13.1. The Morgan fingerprint density at radius 2 is 1.93 bits per heavy atom. The number of hydrogen-bond donors (Lipinski definition) is 2. The number of aromatic hydroxyl groups is 1. The van der Waals surface area contributed by atoms with Crippen molar-refractivity contribution in [1.82, 2.24) is 0 Å². The van der Waals surface area contributed by atoms with E-state index in [2.05, 4.69) is 5.32 Å². The van der Waals surface area contributed by atoms with Crippen LogP contribution < -0.4 is 10.1 Å². The van der Waals surface area contributed by atoms with Gasteiger partial charge in [-0.1, -0.05) is 20.8 Å². The molecule has 28 heavy (non-hydrogen) atoms. The number of amides is 1. The Morgan fingerprint density at radius 3 is 2.46 bits per heavy atom. The van der Waals surface area contributed by atoms with Gasteiger partial charge in [-0.15, -0.1) is 0 Å². The van der Waals surface area contributed by atoms with E-state index in [1.54, 1.807) is 20.8 Å². The number of hydrogen-bond acceptors (Lipinski definition) is 6. The summed E-state index contributed by atoms with van der Waals surface area (Å²) in [5.41, 5.74) is -2.31. The van der Waals surface area contributed by atoms with Crippen molar-refractivity contribution in [3.05, 3.63) is 17.2 Å². The average molecular weight is 401 g/mol. The molecule has 1 atom stereocenters. The van der Waals surface area contributed by atoms with E-state index in [1.807, 2.05) is 0 Å². The van der Waals surface area contributed by atoms with Gasteiger partial charge in [0.2, 0.25) is 11.7 Å². The predicted octanol–water partition coefficient (Wildman–Crippen LogP) is 3.74. The molecule has 1 heterocycles. The Kier molecular flexibility index (Phi) is 6.82. The molecule has 1 amide bonds. The van der Waals surface area contributed by atoms with Crippen LogP contribution in [0.5, 0.6) is 11.5 Å². The lowest BCUT2D eigenvalue weighted by atomic mass is 9.95. The zero-order valence-corrected chi connectivity index (χ0v) is 16.4. The summed E-state index contributed by atoms with van der Waals surface area (Å²) in [7, 11) is 0. The first kappa shape index (κ1) is 21.9. The standard InChI is InChI=1S/C19H25F2NO6/c1-5-26-17(24)11-14(22-18(25)19(2,3)4)12(20)15(23)13(21)16(11)28-10-8-6-7-9-27-10/h10,23H,5-9H2,1-4H3,(H,22,25). The second kappa shape index (κ2) is 8.72. The van der Waals surface area contributed by atoms with Crippen LogP contribution in [0.1, 0.15) is 57.3 Å². The molecule has 0 saturated carbocycles. The highest BCUT2D eigenvalue weighted by molar-refractivity contribution is 6.05. The summed E-state index contributed by atoms with van der Waals surface area (Å²) >= 11 is 0. The molecule has 2 rings (SSSR count). The maximum Gasteiger partial charge on any atom is 0.344 e. The van der Waals surface area contributed by atoms with E-state index in [0.717, 1.165) is 12.8 Å². The molecule has 1 aliphatic heterocycles. The highest BCUT2D eigenvalue weighted by atomic mass is 19.1. The van der Waals surface area contributed by atoms with Gasteiger partial charge < -0.3 is 24.6 Å². The minimum Gasteiger partial charge on any atom is -0.503 e. The third kappa shape index (κ3) is 4.70. The molecule has 1 saturated heterocycles. The fourth-order valence-electron chi connectivity index (χ4n) is 2.52. The zero-order chi connectivity index (χ0) is 21.1. The van der Waals surface area contributed by atoms with Gasteiger partial charge >= 0.3 is 5.97 Å². The van der Waals surface area contributed by atoms with E-state index in [0.29, 0.717) is 13.0 Å². The van der Waals surface area contributed by atoms with E-state index in [-0.39, 0.29) is 6.61 Å². The first-order valence-corrected chi connectivity index (χ1v) is 9.08. The van der Waals surface area contributed by atoms with Gasteiger partial charge in [0.25, 0.3) is 0 Å². The van der Waals surface area contributed by atoms with Crippen LogP contribution in [0.25, 0.3) is 0 Å². The Bertz CT molecular complexity index is 754. The largest absolute Gasteiger partial charge is 0.503 e. The van der Waals surface area contributed by atoms with Crippen molar-refractivity contribution in [3.8, 4) is 11.5 Å².